The highest BCUT2D eigenvalue weighted by Gasteiger charge is 2.32. The zero-order valence-electron chi connectivity index (χ0n) is 20.7. The van der Waals surface area contributed by atoms with Crippen LogP contribution in [0.15, 0.2) is 65.3 Å². The number of aromatic nitrogens is 4. The van der Waals surface area contributed by atoms with Gasteiger partial charge in [0.1, 0.15) is 18.1 Å². The van der Waals surface area contributed by atoms with Crippen molar-refractivity contribution in [1.29, 1.82) is 0 Å². The van der Waals surface area contributed by atoms with E-state index in [1.165, 1.54) is 0 Å². The van der Waals surface area contributed by atoms with Crippen LogP contribution in [0.4, 0.5) is 5.69 Å². The van der Waals surface area contributed by atoms with Gasteiger partial charge in [-0.2, -0.15) is 0 Å². The van der Waals surface area contributed by atoms with Gasteiger partial charge in [-0.25, -0.2) is 4.68 Å². The number of anilines is 1. The molecule has 2 aromatic carbocycles. The van der Waals surface area contributed by atoms with Crippen molar-refractivity contribution in [2.45, 2.75) is 12.6 Å². The van der Waals surface area contributed by atoms with E-state index in [4.69, 9.17) is 18.6 Å². The molecule has 0 aliphatic carbocycles. The van der Waals surface area contributed by atoms with Crippen LogP contribution < -0.4 is 19.1 Å². The molecule has 0 unspecified atom stereocenters. The van der Waals surface area contributed by atoms with Crippen LogP contribution in [0.3, 0.4) is 0 Å². The SMILES string of the molecule is COc1ccc([C@H](c2nnnn2Cc2ccco2)N2CCN(c3ccccc3OC)CC2)cc1OC. The second kappa shape index (κ2) is 10.7. The first-order valence-corrected chi connectivity index (χ1v) is 11.8. The molecule has 0 radical (unpaired) electrons. The number of hydrogen-bond acceptors (Lipinski definition) is 9. The Morgan fingerprint density at radius 3 is 2.36 bits per heavy atom. The molecule has 188 valence electrons. The van der Waals surface area contributed by atoms with Crippen LogP contribution in [-0.4, -0.2) is 72.6 Å². The third kappa shape index (κ3) is 4.72. The van der Waals surface area contributed by atoms with Crippen molar-refractivity contribution in [3.05, 3.63) is 78.0 Å². The molecule has 0 N–H and O–H groups in total. The number of para-hydroxylation sites is 2. The van der Waals surface area contributed by atoms with Crippen LogP contribution in [0, 0.1) is 0 Å². The quantitative estimate of drug-likeness (QED) is 0.351. The van der Waals surface area contributed by atoms with Crippen LogP contribution in [0.2, 0.25) is 0 Å². The second-order valence-electron chi connectivity index (χ2n) is 8.49. The summed E-state index contributed by atoms with van der Waals surface area (Å²) < 4.78 is 24.0. The molecule has 0 saturated carbocycles. The smallest absolute Gasteiger partial charge is 0.173 e. The highest BCUT2D eigenvalue weighted by atomic mass is 16.5. The van der Waals surface area contributed by atoms with Crippen molar-refractivity contribution in [3.63, 3.8) is 0 Å². The van der Waals surface area contributed by atoms with Gasteiger partial charge in [0.25, 0.3) is 0 Å². The summed E-state index contributed by atoms with van der Waals surface area (Å²) in [5, 5.41) is 12.8. The summed E-state index contributed by atoms with van der Waals surface area (Å²) in [5.74, 6) is 3.75. The number of furan rings is 1. The number of hydrogen-bond donors (Lipinski definition) is 0. The van der Waals surface area contributed by atoms with E-state index in [0.29, 0.717) is 18.0 Å². The molecule has 1 atom stereocenters. The summed E-state index contributed by atoms with van der Waals surface area (Å²) in [6, 6.07) is 17.7. The van der Waals surface area contributed by atoms with Gasteiger partial charge in [0.05, 0.1) is 39.3 Å². The first-order valence-electron chi connectivity index (χ1n) is 11.8. The predicted octanol–water partition coefficient (Wildman–Crippen LogP) is 3.25. The van der Waals surface area contributed by atoms with E-state index >= 15 is 0 Å². The van der Waals surface area contributed by atoms with Gasteiger partial charge in [-0.05, 0) is 52.4 Å². The van der Waals surface area contributed by atoms with Crippen molar-refractivity contribution in [1.82, 2.24) is 25.1 Å². The van der Waals surface area contributed by atoms with Crippen LogP contribution in [0.5, 0.6) is 17.2 Å². The molecule has 10 nitrogen and oxygen atoms in total. The Bertz CT molecular complexity index is 1270. The maximum atomic E-state index is 5.61. The molecule has 0 bridgehead atoms. The van der Waals surface area contributed by atoms with Crippen molar-refractivity contribution in [3.8, 4) is 17.2 Å². The van der Waals surface area contributed by atoms with Crippen LogP contribution >= 0.6 is 0 Å². The van der Waals surface area contributed by atoms with Gasteiger partial charge in [0.2, 0.25) is 0 Å². The lowest BCUT2D eigenvalue weighted by Crippen LogP contribution is -2.48. The average molecular weight is 491 g/mol. The van der Waals surface area contributed by atoms with E-state index < -0.39 is 0 Å². The Morgan fingerprint density at radius 2 is 1.64 bits per heavy atom. The molecule has 4 aromatic rings. The van der Waals surface area contributed by atoms with Crippen LogP contribution in [0.25, 0.3) is 0 Å². The van der Waals surface area contributed by atoms with Gasteiger partial charge in [-0.3, -0.25) is 4.90 Å². The largest absolute Gasteiger partial charge is 0.495 e. The van der Waals surface area contributed by atoms with E-state index in [1.54, 1.807) is 32.3 Å². The fourth-order valence-electron chi connectivity index (χ4n) is 4.73. The fourth-order valence-corrected chi connectivity index (χ4v) is 4.73. The number of ether oxygens (including phenoxy) is 3. The zero-order chi connectivity index (χ0) is 24.9. The summed E-state index contributed by atoms with van der Waals surface area (Å²) in [6.45, 7) is 3.74. The van der Waals surface area contributed by atoms with E-state index in [1.807, 2.05) is 48.5 Å². The monoisotopic (exact) mass is 490 g/mol. The minimum atomic E-state index is -0.186. The normalized spacial score (nSPS) is 15.0. The Labute approximate surface area is 210 Å². The Morgan fingerprint density at radius 1 is 0.861 bits per heavy atom. The van der Waals surface area contributed by atoms with Crippen LogP contribution in [0.1, 0.15) is 23.2 Å². The van der Waals surface area contributed by atoms with Gasteiger partial charge < -0.3 is 23.5 Å². The molecule has 1 aliphatic rings. The summed E-state index contributed by atoms with van der Waals surface area (Å²) in [4.78, 5) is 4.75. The maximum absolute atomic E-state index is 5.61. The minimum Gasteiger partial charge on any atom is -0.495 e. The van der Waals surface area contributed by atoms with Crippen molar-refractivity contribution >= 4 is 5.69 Å². The molecule has 1 saturated heterocycles. The highest BCUT2D eigenvalue weighted by Crippen LogP contribution is 2.36. The maximum Gasteiger partial charge on any atom is 0.173 e. The molecule has 3 heterocycles. The van der Waals surface area contributed by atoms with Crippen molar-refractivity contribution in [2.24, 2.45) is 0 Å². The zero-order valence-corrected chi connectivity index (χ0v) is 20.7. The number of tetrazole rings is 1. The topological polar surface area (TPSA) is 90.9 Å². The summed E-state index contributed by atoms with van der Waals surface area (Å²) in [7, 11) is 4.99. The molecule has 36 heavy (non-hydrogen) atoms. The average Bonchev–Trinajstić information content (AvgIpc) is 3.62. The molecular formula is C26H30N6O4. The molecule has 0 amide bonds. The number of benzene rings is 2. The van der Waals surface area contributed by atoms with Crippen molar-refractivity contribution in [2.75, 3.05) is 52.4 Å². The lowest BCUT2D eigenvalue weighted by molar-refractivity contribution is 0.200. The standard InChI is InChI=1S/C26H30N6O4/c1-33-22-9-5-4-8-21(22)30-12-14-31(15-13-30)25(19-10-11-23(34-2)24(17-19)35-3)26-27-28-29-32(26)18-20-7-6-16-36-20/h4-11,16-17,25H,12-15,18H2,1-3H3/t25-/m1/s1. The first-order chi connectivity index (χ1) is 17.7. The van der Waals surface area contributed by atoms with Gasteiger partial charge in [0, 0.05) is 26.2 Å². The van der Waals surface area contributed by atoms with E-state index in [-0.39, 0.29) is 6.04 Å². The van der Waals surface area contributed by atoms with Gasteiger partial charge in [0.15, 0.2) is 17.3 Å². The van der Waals surface area contributed by atoms with Crippen molar-refractivity contribution < 1.29 is 18.6 Å². The molecule has 5 rings (SSSR count). The number of methoxy groups -OCH3 is 3. The van der Waals surface area contributed by atoms with E-state index in [0.717, 1.165) is 54.8 Å². The lowest BCUT2D eigenvalue weighted by Gasteiger charge is -2.40. The lowest BCUT2D eigenvalue weighted by atomic mass is 10.0. The molecule has 1 fully saturated rings. The predicted molar refractivity (Wildman–Crippen MR) is 134 cm³/mol. The second-order valence-corrected chi connectivity index (χ2v) is 8.49. The highest BCUT2D eigenvalue weighted by molar-refractivity contribution is 5.58. The van der Waals surface area contributed by atoms with Gasteiger partial charge >= 0.3 is 0 Å². The molecule has 1 aliphatic heterocycles. The van der Waals surface area contributed by atoms with E-state index in [2.05, 4.69) is 31.4 Å². The fraction of sp³-hybridized carbons (Fsp3) is 0.346. The van der Waals surface area contributed by atoms with E-state index in [9.17, 15) is 0 Å². The Hall–Kier alpha value is -4.05. The molecule has 10 heteroatoms. The summed E-state index contributed by atoms with van der Waals surface area (Å²) in [5.41, 5.74) is 2.12. The Balaban J connectivity index is 1.47. The Kier molecular flexibility index (Phi) is 7.03. The molecular weight excluding hydrogens is 460 g/mol. The molecule has 2 aromatic heterocycles. The molecule has 0 spiro atoms. The van der Waals surface area contributed by atoms with Gasteiger partial charge in [-0.15, -0.1) is 5.10 Å². The number of piperazine rings is 1. The van der Waals surface area contributed by atoms with Gasteiger partial charge in [-0.1, -0.05) is 18.2 Å². The third-order valence-electron chi connectivity index (χ3n) is 6.52. The first kappa shape index (κ1) is 23.7. The number of rotatable bonds is 9. The number of nitrogens with zero attached hydrogens (tertiary/aromatic N) is 6. The van der Waals surface area contributed by atoms with Crippen LogP contribution in [-0.2, 0) is 6.54 Å². The minimum absolute atomic E-state index is 0.186. The third-order valence-corrected chi connectivity index (χ3v) is 6.52. The summed E-state index contributed by atoms with van der Waals surface area (Å²) >= 11 is 0. The summed E-state index contributed by atoms with van der Waals surface area (Å²) in [6.07, 6.45) is 1.66.